The Morgan fingerprint density at radius 2 is 0.534 bits per heavy atom. The Hall–Kier alpha value is -7.75. The van der Waals surface area contributed by atoms with Crippen molar-refractivity contribution in [2.75, 3.05) is 0 Å². The van der Waals surface area contributed by atoms with Crippen molar-refractivity contribution in [2.45, 2.75) is 0 Å². The molecule has 58 heavy (non-hydrogen) atoms. The van der Waals surface area contributed by atoms with E-state index in [-0.39, 0.29) is 0 Å². The van der Waals surface area contributed by atoms with E-state index in [4.69, 9.17) is 15.0 Å². The molecule has 10 aromatic rings. The summed E-state index contributed by atoms with van der Waals surface area (Å²) in [6, 6.07) is 78.9. The van der Waals surface area contributed by atoms with E-state index in [1.807, 2.05) is 18.2 Å². The van der Waals surface area contributed by atoms with E-state index in [0.29, 0.717) is 17.5 Å². The molecule has 0 saturated carbocycles. The van der Waals surface area contributed by atoms with Crippen molar-refractivity contribution in [1.82, 2.24) is 15.0 Å². The summed E-state index contributed by atoms with van der Waals surface area (Å²) < 4.78 is 0. The highest BCUT2D eigenvalue weighted by Gasteiger charge is 2.18. The zero-order valence-corrected chi connectivity index (χ0v) is 31.7. The molecule has 0 unspecified atom stereocenters. The van der Waals surface area contributed by atoms with Crippen molar-refractivity contribution < 1.29 is 0 Å². The number of hydrogen-bond acceptors (Lipinski definition) is 3. The second-order valence-electron chi connectivity index (χ2n) is 14.5. The maximum Gasteiger partial charge on any atom is 0.164 e. The normalized spacial score (nSPS) is 11.1. The minimum Gasteiger partial charge on any atom is -0.208 e. The number of nitrogens with zero attached hydrogens (tertiary/aromatic N) is 3. The Balaban J connectivity index is 1.10. The molecule has 0 saturated heterocycles. The van der Waals surface area contributed by atoms with Gasteiger partial charge in [0, 0.05) is 16.7 Å². The first-order chi connectivity index (χ1) is 28.7. The highest BCUT2D eigenvalue weighted by Crippen LogP contribution is 2.37. The maximum atomic E-state index is 5.27. The number of rotatable bonds is 8. The van der Waals surface area contributed by atoms with E-state index < -0.39 is 0 Å². The van der Waals surface area contributed by atoms with E-state index in [1.165, 1.54) is 27.5 Å². The van der Waals surface area contributed by atoms with E-state index in [2.05, 4.69) is 206 Å². The second kappa shape index (κ2) is 15.4. The molecule has 3 nitrogen and oxygen atoms in total. The van der Waals surface area contributed by atoms with Gasteiger partial charge >= 0.3 is 0 Å². The van der Waals surface area contributed by atoms with Crippen molar-refractivity contribution >= 4 is 10.8 Å². The molecule has 1 aromatic heterocycles. The summed E-state index contributed by atoms with van der Waals surface area (Å²) in [5, 5.41) is 2.39. The third-order valence-electron chi connectivity index (χ3n) is 10.8. The minimum absolute atomic E-state index is 0.618. The summed E-state index contributed by atoms with van der Waals surface area (Å²) in [7, 11) is 0. The molecule has 0 bridgehead atoms. The van der Waals surface area contributed by atoms with Crippen LogP contribution in [0.4, 0.5) is 0 Å². The first-order valence-electron chi connectivity index (χ1n) is 19.6. The molecule has 0 aliphatic rings. The van der Waals surface area contributed by atoms with Crippen LogP contribution in [0.15, 0.2) is 224 Å². The zero-order valence-electron chi connectivity index (χ0n) is 31.7. The predicted molar refractivity (Wildman–Crippen MR) is 241 cm³/mol. The van der Waals surface area contributed by atoms with Crippen LogP contribution in [0.25, 0.3) is 101 Å². The molecule has 0 N–H and O–H groups in total. The number of aromatic nitrogens is 3. The van der Waals surface area contributed by atoms with E-state index >= 15 is 0 Å². The molecule has 0 atom stereocenters. The number of benzene rings is 9. The lowest BCUT2D eigenvalue weighted by Crippen LogP contribution is -2.01. The van der Waals surface area contributed by atoms with Crippen LogP contribution in [0, 0.1) is 0 Å². The van der Waals surface area contributed by atoms with E-state index in [1.54, 1.807) is 0 Å². The first-order valence-corrected chi connectivity index (χ1v) is 19.6. The van der Waals surface area contributed by atoms with E-state index in [9.17, 15) is 0 Å². The van der Waals surface area contributed by atoms with Gasteiger partial charge in [0.1, 0.15) is 0 Å². The molecule has 272 valence electrons. The SMILES string of the molecule is c1ccc(-c2ccc(-c3ccc(-c4nc(-c5ccc(-c6ccccc6)cc5)nc(-c5cc(-c6ccccc6)ccc5-c5ccc6ccccc6c5)n4)cc3)cc2)cc1. The first kappa shape index (κ1) is 34.7. The van der Waals surface area contributed by atoms with Crippen molar-refractivity contribution in [3.63, 3.8) is 0 Å². The van der Waals surface area contributed by atoms with Gasteiger partial charge in [0.2, 0.25) is 0 Å². The third kappa shape index (κ3) is 7.09. The molecule has 0 spiro atoms. The van der Waals surface area contributed by atoms with Gasteiger partial charge in [-0.3, -0.25) is 0 Å². The van der Waals surface area contributed by atoms with Gasteiger partial charge in [-0.25, -0.2) is 15.0 Å². The molecule has 0 aliphatic heterocycles. The highest BCUT2D eigenvalue weighted by atomic mass is 15.0. The molecule has 3 heteroatoms. The van der Waals surface area contributed by atoms with Crippen molar-refractivity contribution in [1.29, 1.82) is 0 Å². The Morgan fingerprint density at radius 3 is 1.02 bits per heavy atom. The fourth-order valence-electron chi connectivity index (χ4n) is 7.64. The maximum absolute atomic E-state index is 5.27. The molecule has 9 aromatic carbocycles. The molecule has 0 radical (unpaired) electrons. The summed E-state index contributed by atoms with van der Waals surface area (Å²) in [6.45, 7) is 0. The van der Waals surface area contributed by atoms with Crippen molar-refractivity contribution in [3.8, 4) is 89.8 Å². The highest BCUT2D eigenvalue weighted by molar-refractivity contribution is 5.92. The molecule has 10 rings (SSSR count). The Bertz CT molecular complexity index is 3000. The Kier molecular flexibility index (Phi) is 9.23. The molecular formula is C55H37N3. The largest absolute Gasteiger partial charge is 0.208 e. The van der Waals surface area contributed by atoms with Crippen LogP contribution in [-0.4, -0.2) is 15.0 Å². The zero-order chi connectivity index (χ0) is 38.7. The second-order valence-corrected chi connectivity index (χ2v) is 14.5. The summed E-state index contributed by atoms with van der Waals surface area (Å²) in [6.07, 6.45) is 0. The van der Waals surface area contributed by atoms with Crippen molar-refractivity contribution in [2.24, 2.45) is 0 Å². The van der Waals surface area contributed by atoms with Gasteiger partial charge in [-0.2, -0.15) is 0 Å². The van der Waals surface area contributed by atoms with Gasteiger partial charge in [-0.05, 0) is 78.5 Å². The standard InChI is InChI=1S/C55H37N3/c1-4-12-38(13-5-1)42-20-22-44(23-21-42)45-26-31-47(32-27-45)54-56-53(46-29-24-43(25-30-46)39-14-6-2-7-15-39)57-55(58-54)52-37-49(40-16-8-3-9-17-40)34-35-51(52)50-33-28-41-18-10-11-19-48(41)36-50/h1-37H. The summed E-state index contributed by atoms with van der Waals surface area (Å²) in [4.78, 5) is 15.7. The average molecular weight is 740 g/mol. The fourth-order valence-corrected chi connectivity index (χ4v) is 7.64. The van der Waals surface area contributed by atoms with Crippen LogP contribution in [-0.2, 0) is 0 Å². The molecular weight excluding hydrogens is 703 g/mol. The lowest BCUT2D eigenvalue weighted by atomic mass is 9.93. The third-order valence-corrected chi connectivity index (χ3v) is 10.8. The minimum atomic E-state index is 0.618. The summed E-state index contributed by atoms with van der Waals surface area (Å²) in [5.41, 5.74) is 14.2. The molecule has 0 amide bonds. The molecule has 1 heterocycles. The molecule has 0 aliphatic carbocycles. The van der Waals surface area contributed by atoms with Crippen LogP contribution < -0.4 is 0 Å². The summed E-state index contributed by atoms with van der Waals surface area (Å²) >= 11 is 0. The monoisotopic (exact) mass is 739 g/mol. The summed E-state index contributed by atoms with van der Waals surface area (Å²) in [5.74, 6) is 1.86. The van der Waals surface area contributed by atoms with Crippen LogP contribution in [0.3, 0.4) is 0 Å². The van der Waals surface area contributed by atoms with Gasteiger partial charge in [0.15, 0.2) is 17.5 Å². The quantitative estimate of drug-likeness (QED) is 0.156. The van der Waals surface area contributed by atoms with Gasteiger partial charge < -0.3 is 0 Å². The lowest BCUT2D eigenvalue weighted by Gasteiger charge is -2.15. The number of fused-ring (bicyclic) bond motifs is 1. The van der Waals surface area contributed by atoms with Gasteiger partial charge in [-0.1, -0.05) is 212 Å². The van der Waals surface area contributed by atoms with Crippen LogP contribution >= 0.6 is 0 Å². The van der Waals surface area contributed by atoms with Crippen molar-refractivity contribution in [3.05, 3.63) is 224 Å². The van der Waals surface area contributed by atoms with E-state index in [0.717, 1.165) is 55.6 Å². The van der Waals surface area contributed by atoms with Crippen LogP contribution in [0.1, 0.15) is 0 Å². The van der Waals surface area contributed by atoms with Crippen LogP contribution in [0.5, 0.6) is 0 Å². The van der Waals surface area contributed by atoms with Gasteiger partial charge in [-0.15, -0.1) is 0 Å². The van der Waals surface area contributed by atoms with Gasteiger partial charge in [0.05, 0.1) is 0 Å². The smallest absolute Gasteiger partial charge is 0.164 e. The van der Waals surface area contributed by atoms with Crippen LogP contribution in [0.2, 0.25) is 0 Å². The Morgan fingerprint density at radius 1 is 0.190 bits per heavy atom. The molecule has 0 fully saturated rings. The fraction of sp³-hybridized carbons (Fsp3) is 0. The average Bonchev–Trinajstić information content (AvgIpc) is 3.32. The lowest BCUT2D eigenvalue weighted by molar-refractivity contribution is 1.07. The van der Waals surface area contributed by atoms with Gasteiger partial charge in [0.25, 0.3) is 0 Å². The topological polar surface area (TPSA) is 38.7 Å². The predicted octanol–water partition coefficient (Wildman–Crippen LogP) is 14.4. The number of hydrogen-bond donors (Lipinski definition) is 0. The Labute approximate surface area is 338 Å².